The first-order chi connectivity index (χ1) is 7.70. The predicted octanol–water partition coefficient (Wildman–Crippen LogP) is 1.09. The van der Waals surface area contributed by atoms with Gasteiger partial charge in [0.05, 0.1) is 0 Å². The molecule has 0 aromatic rings. The van der Waals surface area contributed by atoms with Crippen LogP contribution in [0.1, 0.15) is 26.2 Å². The quantitative estimate of drug-likeness (QED) is 0.526. The molecular formula is C12H22N2O2. The fourth-order valence-electron chi connectivity index (χ4n) is 1.83. The van der Waals surface area contributed by atoms with Crippen LogP contribution in [0.2, 0.25) is 0 Å². The fourth-order valence-corrected chi connectivity index (χ4v) is 1.83. The lowest BCUT2D eigenvalue weighted by Gasteiger charge is -2.26. The van der Waals surface area contributed by atoms with Crippen molar-refractivity contribution < 1.29 is 9.90 Å². The van der Waals surface area contributed by atoms with E-state index in [1.165, 1.54) is 32.4 Å². The molecule has 1 aliphatic rings. The van der Waals surface area contributed by atoms with Gasteiger partial charge in [0.2, 0.25) is 0 Å². The highest BCUT2D eigenvalue weighted by Gasteiger charge is 2.08. The van der Waals surface area contributed by atoms with Gasteiger partial charge in [-0.3, -0.25) is 0 Å². The van der Waals surface area contributed by atoms with Crippen LogP contribution in [-0.2, 0) is 4.79 Å². The molecule has 0 spiro atoms. The Morgan fingerprint density at radius 3 is 2.69 bits per heavy atom. The highest BCUT2D eigenvalue weighted by Crippen LogP contribution is 2.07. The number of nitrogens with zero attached hydrogens (tertiary/aromatic N) is 1. The van der Waals surface area contributed by atoms with Gasteiger partial charge in [-0.2, -0.15) is 0 Å². The molecule has 0 atom stereocenters. The van der Waals surface area contributed by atoms with Crippen molar-refractivity contribution in [2.75, 3.05) is 32.7 Å². The van der Waals surface area contributed by atoms with Gasteiger partial charge >= 0.3 is 5.97 Å². The van der Waals surface area contributed by atoms with E-state index in [2.05, 4.69) is 10.2 Å². The van der Waals surface area contributed by atoms with E-state index in [1.54, 1.807) is 13.0 Å². The van der Waals surface area contributed by atoms with Crippen molar-refractivity contribution >= 4 is 5.97 Å². The molecule has 1 aliphatic heterocycles. The van der Waals surface area contributed by atoms with Crippen LogP contribution < -0.4 is 5.32 Å². The van der Waals surface area contributed by atoms with Crippen molar-refractivity contribution in [3.05, 3.63) is 11.6 Å². The van der Waals surface area contributed by atoms with Gasteiger partial charge in [-0.05, 0) is 32.9 Å². The Morgan fingerprint density at radius 2 is 2.06 bits per heavy atom. The maximum atomic E-state index is 10.5. The number of carboxylic acid groups (broad SMARTS) is 1. The van der Waals surface area contributed by atoms with Gasteiger partial charge < -0.3 is 15.3 Å². The molecule has 1 rings (SSSR count). The van der Waals surface area contributed by atoms with Crippen molar-refractivity contribution in [3.8, 4) is 0 Å². The van der Waals surface area contributed by atoms with Crippen molar-refractivity contribution in [2.24, 2.45) is 0 Å². The van der Waals surface area contributed by atoms with Crippen LogP contribution in [-0.4, -0.2) is 48.7 Å². The molecule has 92 valence electrons. The van der Waals surface area contributed by atoms with Crippen molar-refractivity contribution in [1.82, 2.24) is 10.2 Å². The molecule has 0 aliphatic carbocycles. The summed E-state index contributed by atoms with van der Waals surface area (Å²) in [4.78, 5) is 13.0. The molecule has 2 N–H and O–H groups in total. The van der Waals surface area contributed by atoms with E-state index in [4.69, 9.17) is 5.11 Å². The van der Waals surface area contributed by atoms with Gasteiger partial charge in [-0.1, -0.05) is 12.5 Å². The van der Waals surface area contributed by atoms with E-state index >= 15 is 0 Å². The van der Waals surface area contributed by atoms with Crippen LogP contribution in [0, 0.1) is 0 Å². The van der Waals surface area contributed by atoms with E-state index in [-0.39, 0.29) is 0 Å². The molecule has 1 saturated heterocycles. The smallest absolute Gasteiger partial charge is 0.330 e. The molecule has 0 radical (unpaired) electrons. The van der Waals surface area contributed by atoms with Crippen LogP contribution in [0.4, 0.5) is 0 Å². The summed E-state index contributed by atoms with van der Waals surface area (Å²) in [6.07, 6.45) is 5.72. The monoisotopic (exact) mass is 226 g/mol. The lowest BCUT2D eigenvalue weighted by molar-refractivity contribution is -0.132. The summed E-state index contributed by atoms with van der Waals surface area (Å²) in [5.74, 6) is -0.835. The van der Waals surface area contributed by atoms with Gasteiger partial charge in [-0.15, -0.1) is 0 Å². The average Bonchev–Trinajstić information content (AvgIpc) is 2.29. The summed E-state index contributed by atoms with van der Waals surface area (Å²) >= 11 is 0. The van der Waals surface area contributed by atoms with E-state index in [9.17, 15) is 4.79 Å². The molecule has 0 aromatic carbocycles. The third kappa shape index (κ3) is 5.28. The third-order valence-electron chi connectivity index (χ3n) is 2.94. The van der Waals surface area contributed by atoms with Gasteiger partial charge in [0.1, 0.15) is 0 Å². The Bertz CT molecular complexity index is 245. The van der Waals surface area contributed by atoms with E-state index in [0.29, 0.717) is 12.1 Å². The van der Waals surface area contributed by atoms with Gasteiger partial charge in [0.25, 0.3) is 0 Å². The van der Waals surface area contributed by atoms with E-state index < -0.39 is 5.97 Å². The first-order valence-electron chi connectivity index (χ1n) is 6.03. The Kier molecular flexibility index (Phi) is 6.11. The predicted molar refractivity (Wildman–Crippen MR) is 64.6 cm³/mol. The average molecular weight is 226 g/mol. The summed E-state index contributed by atoms with van der Waals surface area (Å²) in [6, 6.07) is 0. The number of piperidine rings is 1. The number of nitrogens with one attached hydrogen (secondary N) is 1. The number of hydrogen-bond acceptors (Lipinski definition) is 3. The summed E-state index contributed by atoms with van der Waals surface area (Å²) in [6.45, 7) is 6.70. The zero-order valence-electron chi connectivity index (χ0n) is 10.0. The standard InChI is InChI=1S/C12H22N2O2/c1-11(12(15)16)5-6-13-7-10-14-8-3-2-4-9-14/h5,13H,2-4,6-10H2,1H3,(H,15,16). The van der Waals surface area contributed by atoms with Crippen molar-refractivity contribution in [2.45, 2.75) is 26.2 Å². The first-order valence-corrected chi connectivity index (χ1v) is 6.03. The van der Waals surface area contributed by atoms with Gasteiger partial charge in [0, 0.05) is 25.2 Å². The van der Waals surface area contributed by atoms with E-state index in [0.717, 1.165) is 13.1 Å². The normalized spacial score (nSPS) is 18.7. The largest absolute Gasteiger partial charge is 0.478 e. The summed E-state index contributed by atoms with van der Waals surface area (Å²) < 4.78 is 0. The number of carbonyl (C=O) groups is 1. The van der Waals surface area contributed by atoms with Crippen LogP contribution in [0.25, 0.3) is 0 Å². The molecule has 0 unspecified atom stereocenters. The maximum absolute atomic E-state index is 10.5. The molecule has 0 amide bonds. The Balaban J connectivity index is 2.03. The second kappa shape index (κ2) is 7.41. The fraction of sp³-hybridized carbons (Fsp3) is 0.750. The summed E-state index contributed by atoms with van der Waals surface area (Å²) in [5, 5.41) is 11.9. The third-order valence-corrected chi connectivity index (χ3v) is 2.94. The molecule has 4 heteroatoms. The highest BCUT2D eigenvalue weighted by atomic mass is 16.4. The molecule has 0 saturated carbocycles. The maximum Gasteiger partial charge on any atom is 0.330 e. The van der Waals surface area contributed by atoms with Crippen molar-refractivity contribution in [3.63, 3.8) is 0 Å². The number of aliphatic carboxylic acids is 1. The molecule has 1 heterocycles. The van der Waals surface area contributed by atoms with Crippen LogP contribution in [0.3, 0.4) is 0 Å². The SMILES string of the molecule is CC(=CCNCCN1CCCCC1)C(=O)O. The van der Waals surface area contributed by atoms with Crippen molar-refractivity contribution in [1.29, 1.82) is 0 Å². The zero-order chi connectivity index (χ0) is 11.8. The Hall–Kier alpha value is -0.870. The minimum atomic E-state index is -0.835. The summed E-state index contributed by atoms with van der Waals surface area (Å²) in [7, 11) is 0. The highest BCUT2D eigenvalue weighted by molar-refractivity contribution is 5.85. The second-order valence-electron chi connectivity index (χ2n) is 4.30. The number of carboxylic acids is 1. The molecular weight excluding hydrogens is 204 g/mol. The molecule has 0 bridgehead atoms. The Morgan fingerprint density at radius 1 is 1.38 bits per heavy atom. The van der Waals surface area contributed by atoms with Gasteiger partial charge in [0.15, 0.2) is 0 Å². The summed E-state index contributed by atoms with van der Waals surface area (Å²) in [5.41, 5.74) is 0.408. The molecule has 16 heavy (non-hydrogen) atoms. The van der Waals surface area contributed by atoms with Crippen LogP contribution in [0.5, 0.6) is 0 Å². The lowest BCUT2D eigenvalue weighted by Crippen LogP contribution is -2.35. The number of likely N-dealkylation sites (tertiary alicyclic amines) is 1. The number of hydrogen-bond donors (Lipinski definition) is 2. The van der Waals surface area contributed by atoms with Crippen LogP contribution >= 0.6 is 0 Å². The van der Waals surface area contributed by atoms with Gasteiger partial charge in [-0.25, -0.2) is 4.79 Å². The molecule has 1 fully saturated rings. The molecule has 4 nitrogen and oxygen atoms in total. The second-order valence-corrected chi connectivity index (χ2v) is 4.30. The lowest BCUT2D eigenvalue weighted by atomic mass is 10.1. The minimum Gasteiger partial charge on any atom is -0.478 e. The minimum absolute atomic E-state index is 0.408. The molecule has 0 aromatic heterocycles. The Labute approximate surface area is 97.3 Å². The zero-order valence-corrected chi connectivity index (χ0v) is 10.0. The van der Waals surface area contributed by atoms with E-state index in [1.807, 2.05) is 0 Å². The number of rotatable bonds is 6. The first kappa shape index (κ1) is 13.2. The topological polar surface area (TPSA) is 52.6 Å². The van der Waals surface area contributed by atoms with Crippen LogP contribution in [0.15, 0.2) is 11.6 Å².